The molecule has 1 atom stereocenters. The van der Waals surface area contributed by atoms with Crippen LogP contribution in [0.4, 0.5) is 0 Å². The Bertz CT molecular complexity index is 522. The van der Waals surface area contributed by atoms with Gasteiger partial charge in [-0.1, -0.05) is 6.07 Å². The van der Waals surface area contributed by atoms with Crippen LogP contribution < -0.4 is 5.32 Å². The lowest BCUT2D eigenvalue weighted by Gasteiger charge is -2.13. The van der Waals surface area contributed by atoms with E-state index in [0.717, 1.165) is 5.76 Å². The standard InChI is InChI=1S/C13H15NO4/c1-8(11-3-2-6-18-11)14-7-9-4-5-10(15)13(17)12(9)16/h2-6,8,14-17H,7H2,1H3/t8-/m0/s1. The molecule has 0 aliphatic rings. The Kier molecular flexibility index (Phi) is 3.43. The van der Waals surface area contributed by atoms with E-state index in [1.165, 1.54) is 6.07 Å². The molecule has 0 bridgehead atoms. The van der Waals surface area contributed by atoms with Crippen molar-refractivity contribution in [1.82, 2.24) is 5.32 Å². The van der Waals surface area contributed by atoms with Crippen LogP contribution in [0.25, 0.3) is 0 Å². The van der Waals surface area contributed by atoms with E-state index in [0.29, 0.717) is 12.1 Å². The van der Waals surface area contributed by atoms with E-state index in [4.69, 9.17) is 4.42 Å². The first-order chi connectivity index (χ1) is 8.59. The number of hydrogen-bond donors (Lipinski definition) is 4. The quantitative estimate of drug-likeness (QED) is 0.624. The average molecular weight is 249 g/mol. The van der Waals surface area contributed by atoms with E-state index < -0.39 is 5.75 Å². The van der Waals surface area contributed by atoms with Gasteiger partial charge >= 0.3 is 0 Å². The second-order valence-electron chi connectivity index (χ2n) is 4.06. The fourth-order valence-electron chi connectivity index (χ4n) is 1.65. The highest BCUT2D eigenvalue weighted by Crippen LogP contribution is 2.37. The van der Waals surface area contributed by atoms with Crippen LogP contribution in [0.1, 0.15) is 24.3 Å². The first-order valence-corrected chi connectivity index (χ1v) is 5.59. The molecule has 0 aliphatic carbocycles. The molecule has 96 valence electrons. The largest absolute Gasteiger partial charge is 0.504 e. The summed E-state index contributed by atoms with van der Waals surface area (Å²) in [6.45, 7) is 2.28. The third kappa shape index (κ3) is 2.41. The van der Waals surface area contributed by atoms with Crippen molar-refractivity contribution in [1.29, 1.82) is 0 Å². The molecule has 5 heteroatoms. The topological polar surface area (TPSA) is 85.9 Å². The van der Waals surface area contributed by atoms with E-state index in [1.807, 2.05) is 13.0 Å². The molecule has 18 heavy (non-hydrogen) atoms. The summed E-state index contributed by atoms with van der Waals surface area (Å²) in [5.74, 6) is -0.359. The van der Waals surface area contributed by atoms with Crippen molar-refractivity contribution in [2.24, 2.45) is 0 Å². The summed E-state index contributed by atoms with van der Waals surface area (Å²) < 4.78 is 5.24. The molecule has 0 fully saturated rings. The summed E-state index contributed by atoms with van der Waals surface area (Å²) in [6.07, 6.45) is 1.59. The van der Waals surface area contributed by atoms with Crippen molar-refractivity contribution in [3.63, 3.8) is 0 Å². The monoisotopic (exact) mass is 249 g/mol. The summed E-state index contributed by atoms with van der Waals surface area (Å²) >= 11 is 0. The number of nitrogens with one attached hydrogen (secondary N) is 1. The molecule has 5 nitrogen and oxygen atoms in total. The second-order valence-corrected chi connectivity index (χ2v) is 4.06. The minimum Gasteiger partial charge on any atom is -0.504 e. The third-order valence-electron chi connectivity index (χ3n) is 2.78. The molecule has 0 saturated carbocycles. The van der Waals surface area contributed by atoms with Gasteiger partial charge < -0.3 is 25.1 Å². The number of phenols is 3. The van der Waals surface area contributed by atoms with Gasteiger partial charge in [0.2, 0.25) is 5.75 Å². The van der Waals surface area contributed by atoms with Crippen molar-refractivity contribution in [3.8, 4) is 17.2 Å². The maximum absolute atomic E-state index is 9.65. The van der Waals surface area contributed by atoms with Gasteiger partial charge in [0.05, 0.1) is 12.3 Å². The average Bonchev–Trinajstić information content (AvgIpc) is 2.89. The van der Waals surface area contributed by atoms with Crippen LogP contribution in [-0.2, 0) is 6.54 Å². The fraction of sp³-hybridized carbons (Fsp3) is 0.231. The van der Waals surface area contributed by atoms with E-state index in [9.17, 15) is 15.3 Å². The van der Waals surface area contributed by atoms with Gasteiger partial charge in [0.25, 0.3) is 0 Å². The smallest absolute Gasteiger partial charge is 0.200 e. The van der Waals surface area contributed by atoms with Crippen LogP contribution in [-0.4, -0.2) is 15.3 Å². The Morgan fingerprint density at radius 2 is 1.94 bits per heavy atom. The van der Waals surface area contributed by atoms with Crippen molar-refractivity contribution >= 4 is 0 Å². The molecule has 0 unspecified atom stereocenters. The molecule has 1 aromatic heterocycles. The molecule has 0 spiro atoms. The van der Waals surface area contributed by atoms with Crippen LogP contribution in [0.15, 0.2) is 34.9 Å². The molecule has 0 radical (unpaired) electrons. The Labute approximate surface area is 104 Å². The predicted molar refractivity (Wildman–Crippen MR) is 65.4 cm³/mol. The predicted octanol–water partition coefficient (Wildman–Crippen LogP) is 2.25. The van der Waals surface area contributed by atoms with Gasteiger partial charge in [-0.3, -0.25) is 0 Å². The molecular weight excluding hydrogens is 234 g/mol. The van der Waals surface area contributed by atoms with E-state index >= 15 is 0 Å². The lowest BCUT2D eigenvalue weighted by Crippen LogP contribution is -2.17. The maximum Gasteiger partial charge on any atom is 0.200 e. The SMILES string of the molecule is C[C@H](NCc1ccc(O)c(O)c1O)c1ccco1. The number of furan rings is 1. The zero-order valence-corrected chi connectivity index (χ0v) is 9.92. The van der Waals surface area contributed by atoms with Gasteiger partial charge in [-0.25, -0.2) is 0 Å². The highest BCUT2D eigenvalue weighted by Gasteiger charge is 2.13. The molecule has 1 heterocycles. The zero-order chi connectivity index (χ0) is 13.1. The first-order valence-electron chi connectivity index (χ1n) is 5.59. The normalized spacial score (nSPS) is 12.5. The molecule has 0 amide bonds. The van der Waals surface area contributed by atoms with Crippen LogP contribution in [0.2, 0.25) is 0 Å². The van der Waals surface area contributed by atoms with E-state index in [1.54, 1.807) is 18.4 Å². The van der Waals surface area contributed by atoms with Gasteiger partial charge in [-0.15, -0.1) is 0 Å². The summed E-state index contributed by atoms with van der Waals surface area (Å²) in [5, 5.41) is 31.4. The molecule has 2 aromatic rings. The van der Waals surface area contributed by atoms with Gasteiger partial charge in [-0.05, 0) is 25.1 Å². The van der Waals surface area contributed by atoms with Crippen molar-refractivity contribution < 1.29 is 19.7 Å². The molecule has 4 N–H and O–H groups in total. The van der Waals surface area contributed by atoms with Gasteiger partial charge in [0.1, 0.15) is 5.76 Å². The first kappa shape index (κ1) is 12.3. The molecule has 2 rings (SSSR count). The van der Waals surface area contributed by atoms with Crippen LogP contribution in [0, 0.1) is 0 Å². The van der Waals surface area contributed by atoms with Crippen molar-refractivity contribution in [2.45, 2.75) is 19.5 Å². The Balaban J connectivity index is 2.05. The van der Waals surface area contributed by atoms with Gasteiger partial charge in [-0.2, -0.15) is 0 Å². The van der Waals surface area contributed by atoms with Crippen LogP contribution in [0.3, 0.4) is 0 Å². The van der Waals surface area contributed by atoms with Crippen LogP contribution in [0.5, 0.6) is 17.2 Å². The summed E-state index contributed by atoms with van der Waals surface area (Å²) in [4.78, 5) is 0. The Hall–Kier alpha value is -2.14. The van der Waals surface area contributed by atoms with Gasteiger partial charge in [0, 0.05) is 12.1 Å². The fourth-order valence-corrected chi connectivity index (χ4v) is 1.65. The highest BCUT2D eigenvalue weighted by atomic mass is 16.3. The number of aromatic hydroxyl groups is 3. The minimum absolute atomic E-state index is 0.0182. The summed E-state index contributed by atoms with van der Waals surface area (Å²) in [5.41, 5.74) is 0.503. The minimum atomic E-state index is -0.500. The third-order valence-corrected chi connectivity index (χ3v) is 2.78. The van der Waals surface area contributed by atoms with Crippen molar-refractivity contribution in [2.75, 3.05) is 0 Å². The van der Waals surface area contributed by atoms with Crippen LogP contribution >= 0.6 is 0 Å². The van der Waals surface area contributed by atoms with Crippen molar-refractivity contribution in [3.05, 3.63) is 41.9 Å². The van der Waals surface area contributed by atoms with E-state index in [-0.39, 0.29) is 17.5 Å². The molecular formula is C13H15NO4. The molecule has 0 saturated heterocycles. The Morgan fingerprint density at radius 1 is 1.17 bits per heavy atom. The van der Waals surface area contributed by atoms with Gasteiger partial charge in [0.15, 0.2) is 11.5 Å². The second kappa shape index (κ2) is 5.01. The lowest BCUT2D eigenvalue weighted by atomic mass is 10.1. The number of rotatable bonds is 4. The maximum atomic E-state index is 9.65. The number of phenolic OH excluding ortho intramolecular Hbond substituents is 3. The van der Waals surface area contributed by atoms with E-state index in [2.05, 4.69) is 5.32 Å². The summed E-state index contributed by atoms with van der Waals surface area (Å²) in [6, 6.07) is 6.52. The highest BCUT2D eigenvalue weighted by molar-refractivity contribution is 5.53. The Morgan fingerprint density at radius 3 is 2.61 bits per heavy atom. The number of benzene rings is 1. The number of hydrogen-bond acceptors (Lipinski definition) is 5. The molecule has 0 aliphatic heterocycles. The molecule has 1 aromatic carbocycles. The zero-order valence-electron chi connectivity index (χ0n) is 9.92. The lowest BCUT2D eigenvalue weighted by molar-refractivity contribution is 0.362. The summed E-state index contributed by atoms with van der Waals surface area (Å²) in [7, 11) is 0.